The van der Waals surface area contributed by atoms with Crippen molar-refractivity contribution in [1.29, 1.82) is 0 Å². The Balaban J connectivity index is 3.27. The number of hydrogen-bond donors (Lipinski definition) is 2. The highest BCUT2D eigenvalue weighted by molar-refractivity contribution is 5.45. The topological polar surface area (TPSA) is 46.2 Å². The fourth-order valence-corrected chi connectivity index (χ4v) is 1.75. The Morgan fingerprint density at radius 1 is 1.24 bits per heavy atom. The first-order valence-corrected chi connectivity index (χ1v) is 5.72. The van der Waals surface area contributed by atoms with E-state index in [1.165, 1.54) is 6.07 Å². The van der Waals surface area contributed by atoms with E-state index in [1.807, 2.05) is 13.8 Å². The van der Waals surface area contributed by atoms with Crippen LogP contribution in [-0.4, -0.2) is 11.1 Å². The van der Waals surface area contributed by atoms with Crippen molar-refractivity contribution in [3.05, 3.63) is 28.8 Å². The zero-order chi connectivity index (χ0) is 13.2. The summed E-state index contributed by atoms with van der Waals surface area (Å²) in [7, 11) is 0. The second-order valence-corrected chi connectivity index (χ2v) is 4.75. The lowest BCUT2D eigenvalue weighted by Gasteiger charge is -2.15. The molecular formula is C13H19F2NO. The van der Waals surface area contributed by atoms with E-state index in [0.717, 1.165) is 5.56 Å². The van der Waals surface area contributed by atoms with Gasteiger partial charge in [0, 0.05) is 6.04 Å². The summed E-state index contributed by atoms with van der Waals surface area (Å²) in [6, 6.07) is 2.96. The Bertz CT molecular complexity index is 389. The lowest BCUT2D eigenvalue weighted by molar-refractivity contribution is 0.147. The maximum atomic E-state index is 12.8. The molecule has 1 unspecified atom stereocenters. The number of benzene rings is 1. The van der Waals surface area contributed by atoms with Gasteiger partial charge in [0.25, 0.3) is 6.43 Å². The van der Waals surface area contributed by atoms with Gasteiger partial charge in [0.1, 0.15) is 5.75 Å². The Morgan fingerprint density at radius 2 is 1.82 bits per heavy atom. The predicted octanol–water partition coefficient (Wildman–Crippen LogP) is 3.34. The largest absolute Gasteiger partial charge is 0.507 e. The van der Waals surface area contributed by atoms with Gasteiger partial charge < -0.3 is 10.8 Å². The summed E-state index contributed by atoms with van der Waals surface area (Å²) in [6.07, 6.45) is -2.27. The zero-order valence-electron chi connectivity index (χ0n) is 10.4. The summed E-state index contributed by atoms with van der Waals surface area (Å²) < 4.78 is 25.6. The van der Waals surface area contributed by atoms with Crippen LogP contribution in [0.25, 0.3) is 0 Å². The quantitative estimate of drug-likeness (QED) is 0.852. The minimum atomic E-state index is -2.67. The van der Waals surface area contributed by atoms with Crippen LogP contribution in [0.4, 0.5) is 8.78 Å². The van der Waals surface area contributed by atoms with Gasteiger partial charge in [-0.2, -0.15) is 0 Å². The van der Waals surface area contributed by atoms with Crippen LogP contribution in [0.2, 0.25) is 0 Å². The Kier molecular flexibility index (Phi) is 4.46. The van der Waals surface area contributed by atoms with Gasteiger partial charge in [-0.05, 0) is 36.5 Å². The van der Waals surface area contributed by atoms with Crippen molar-refractivity contribution in [3.63, 3.8) is 0 Å². The fraction of sp³-hybridized carbons (Fsp3) is 0.538. The molecule has 0 saturated heterocycles. The molecule has 4 heteroatoms. The molecule has 1 aromatic carbocycles. The molecule has 0 bridgehead atoms. The van der Waals surface area contributed by atoms with E-state index >= 15 is 0 Å². The molecule has 0 aliphatic carbocycles. The average Bonchev–Trinajstić information content (AvgIpc) is 2.19. The lowest BCUT2D eigenvalue weighted by atomic mass is 9.94. The number of alkyl halides is 2. The van der Waals surface area contributed by atoms with Gasteiger partial charge in [-0.3, -0.25) is 0 Å². The first-order valence-electron chi connectivity index (χ1n) is 5.72. The Hall–Kier alpha value is -1.16. The average molecular weight is 243 g/mol. The minimum absolute atomic E-state index is 0.139. The third-order valence-corrected chi connectivity index (χ3v) is 2.68. The normalized spacial score (nSPS) is 13.4. The van der Waals surface area contributed by atoms with E-state index < -0.39 is 6.43 Å². The fourth-order valence-electron chi connectivity index (χ4n) is 1.75. The van der Waals surface area contributed by atoms with Crippen molar-refractivity contribution in [3.8, 4) is 5.75 Å². The smallest absolute Gasteiger partial charge is 0.267 e. The molecule has 2 nitrogen and oxygen atoms in total. The van der Waals surface area contributed by atoms with Crippen molar-refractivity contribution in [1.82, 2.24) is 0 Å². The number of phenols is 1. The van der Waals surface area contributed by atoms with E-state index in [9.17, 15) is 13.9 Å². The summed E-state index contributed by atoms with van der Waals surface area (Å²) in [5.41, 5.74) is 6.65. The number of nitrogens with two attached hydrogens (primary N) is 1. The molecule has 0 amide bonds. The number of rotatable bonds is 4. The second kappa shape index (κ2) is 5.45. The second-order valence-electron chi connectivity index (χ2n) is 4.75. The maximum absolute atomic E-state index is 12.8. The van der Waals surface area contributed by atoms with Crippen molar-refractivity contribution in [2.45, 2.75) is 45.6 Å². The minimum Gasteiger partial charge on any atom is -0.507 e. The predicted molar refractivity (Wildman–Crippen MR) is 64.5 cm³/mol. The number of hydrogen-bond acceptors (Lipinski definition) is 2. The molecule has 3 N–H and O–H groups in total. The molecule has 1 rings (SSSR count). The summed E-state index contributed by atoms with van der Waals surface area (Å²) in [5.74, 6) is -0.179. The summed E-state index contributed by atoms with van der Waals surface area (Å²) >= 11 is 0. The van der Waals surface area contributed by atoms with Gasteiger partial charge >= 0.3 is 0 Å². The maximum Gasteiger partial charge on any atom is 0.267 e. The number of aromatic hydroxyl groups is 1. The monoisotopic (exact) mass is 243 g/mol. The van der Waals surface area contributed by atoms with Crippen molar-refractivity contribution in [2.24, 2.45) is 5.73 Å². The van der Waals surface area contributed by atoms with Crippen LogP contribution in [0.5, 0.6) is 5.75 Å². The van der Waals surface area contributed by atoms with Crippen LogP contribution in [0.1, 0.15) is 49.8 Å². The van der Waals surface area contributed by atoms with E-state index in [4.69, 9.17) is 5.73 Å². The third-order valence-electron chi connectivity index (χ3n) is 2.68. The van der Waals surface area contributed by atoms with Gasteiger partial charge in [0.2, 0.25) is 0 Å². The van der Waals surface area contributed by atoms with E-state index in [-0.39, 0.29) is 23.3 Å². The first-order chi connectivity index (χ1) is 7.82. The standard InChI is InChI=1S/C13H19F2NO/c1-7(2)9-5-10(4-8(3)16)12(17)11(6-9)13(14)15/h5-8,13,17H,4,16H2,1-3H3. The van der Waals surface area contributed by atoms with Crippen molar-refractivity contribution >= 4 is 0 Å². The van der Waals surface area contributed by atoms with Crippen molar-refractivity contribution < 1.29 is 13.9 Å². The van der Waals surface area contributed by atoms with Crippen LogP contribution < -0.4 is 5.73 Å². The van der Waals surface area contributed by atoms with Gasteiger partial charge in [-0.15, -0.1) is 0 Å². The molecule has 0 fully saturated rings. The van der Waals surface area contributed by atoms with Crippen LogP contribution in [0, 0.1) is 0 Å². The summed E-state index contributed by atoms with van der Waals surface area (Å²) in [4.78, 5) is 0. The molecule has 0 aromatic heterocycles. The highest BCUT2D eigenvalue weighted by Gasteiger charge is 2.19. The molecule has 0 aliphatic rings. The van der Waals surface area contributed by atoms with E-state index in [0.29, 0.717) is 12.0 Å². The molecule has 1 aromatic rings. The van der Waals surface area contributed by atoms with Gasteiger partial charge in [0.15, 0.2) is 0 Å². The molecule has 96 valence electrons. The zero-order valence-corrected chi connectivity index (χ0v) is 10.4. The summed E-state index contributed by atoms with van der Waals surface area (Å²) in [5, 5.41) is 9.78. The van der Waals surface area contributed by atoms with Crippen LogP contribution in [-0.2, 0) is 6.42 Å². The SMILES string of the molecule is CC(N)Cc1cc(C(C)C)cc(C(F)F)c1O. The molecule has 1 atom stereocenters. The number of halogens is 2. The lowest BCUT2D eigenvalue weighted by Crippen LogP contribution is -2.18. The van der Waals surface area contributed by atoms with Crippen LogP contribution >= 0.6 is 0 Å². The van der Waals surface area contributed by atoms with E-state index in [1.54, 1.807) is 13.0 Å². The third kappa shape index (κ3) is 3.40. The molecule has 0 heterocycles. The molecule has 17 heavy (non-hydrogen) atoms. The Morgan fingerprint density at radius 3 is 2.24 bits per heavy atom. The number of phenolic OH excluding ortho intramolecular Hbond substituents is 1. The van der Waals surface area contributed by atoms with Crippen LogP contribution in [0.3, 0.4) is 0 Å². The molecule has 0 radical (unpaired) electrons. The van der Waals surface area contributed by atoms with Gasteiger partial charge in [0.05, 0.1) is 5.56 Å². The molecule has 0 aliphatic heterocycles. The summed E-state index contributed by atoms with van der Waals surface area (Å²) in [6.45, 7) is 5.64. The Labute approximate surface area is 100 Å². The van der Waals surface area contributed by atoms with Crippen LogP contribution in [0.15, 0.2) is 12.1 Å². The first kappa shape index (κ1) is 13.9. The highest BCUT2D eigenvalue weighted by atomic mass is 19.3. The molecule has 0 spiro atoms. The van der Waals surface area contributed by atoms with E-state index in [2.05, 4.69) is 0 Å². The van der Waals surface area contributed by atoms with Gasteiger partial charge in [-0.25, -0.2) is 8.78 Å². The molecular weight excluding hydrogens is 224 g/mol. The van der Waals surface area contributed by atoms with Crippen molar-refractivity contribution in [2.75, 3.05) is 0 Å². The highest BCUT2D eigenvalue weighted by Crippen LogP contribution is 2.35. The van der Waals surface area contributed by atoms with Gasteiger partial charge in [-0.1, -0.05) is 19.9 Å². The molecule has 0 saturated carbocycles.